The standard InChI is InChI=1S/C15H15ClO/c1-2-6-12-9-13(16)10-14(15(12)17)11-7-4-3-5-8-11/h3-5,7-10,17H,2,6H2,1H3. The van der Waals surface area contributed by atoms with Gasteiger partial charge >= 0.3 is 0 Å². The van der Waals surface area contributed by atoms with Gasteiger partial charge < -0.3 is 5.11 Å². The van der Waals surface area contributed by atoms with E-state index >= 15 is 0 Å². The van der Waals surface area contributed by atoms with Gasteiger partial charge in [-0.25, -0.2) is 0 Å². The van der Waals surface area contributed by atoms with E-state index in [1.54, 1.807) is 0 Å². The minimum atomic E-state index is 0.349. The Hall–Kier alpha value is -1.47. The van der Waals surface area contributed by atoms with Crippen molar-refractivity contribution in [2.45, 2.75) is 19.8 Å². The Kier molecular flexibility index (Phi) is 3.70. The lowest BCUT2D eigenvalue weighted by Crippen LogP contribution is -1.88. The molecular formula is C15H15ClO. The van der Waals surface area contributed by atoms with Crippen LogP contribution in [-0.2, 0) is 6.42 Å². The lowest BCUT2D eigenvalue weighted by Gasteiger charge is -2.10. The summed E-state index contributed by atoms with van der Waals surface area (Å²) in [5.74, 6) is 0.349. The molecule has 0 aromatic heterocycles. The summed E-state index contributed by atoms with van der Waals surface area (Å²) in [6.07, 6.45) is 1.83. The van der Waals surface area contributed by atoms with Gasteiger partial charge in [-0.05, 0) is 29.7 Å². The summed E-state index contributed by atoms with van der Waals surface area (Å²) in [5, 5.41) is 10.9. The molecule has 0 atom stereocenters. The molecule has 0 saturated carbocycles. The molecule has 2 heteroatoms. The van der Waals surface area contributed by atoms with Gasteiger partial charge in [-0.1, -0.05) is 55.3 Å². The fourth-order valence-electron chi connectivity index (χ4n) is 1.95. The Morgan fingerprint density at radius 2 is 1.82 bits per heavy atom. The zero-order chi connectivity index (χ0) is 12.3. The highest BCUT2D eigenvalue weighted by Gasteiger charge is 2.10. The van der Waals surface area contributed by atoms with Crippen molar-refractivity contribution in [3.05, 3.63) is 53.1 Å². The third-order valence-corrected chi connectivity index (χ3v) is 2.98. The molecule has 0 fully saturated rings. The van der Waals surface area contributed by atoms with E-state index in [0.717, 1.165) is 29.5 Å². The molecule has 17 heavy (non-hydrogen) atoms. The van der Waals surface area contributed by atoms with Crippen molar-refractivity contribution in [2.75, 3.05) is 0 Å². The first-order valence-electron chi connectivity index (χ1n) is 5.79. The first-order chi connectivity index (χ1) is 8.22. The summed E-state index contributed by atoms with van der Waals surface area (Å²) >= 11 is 6.10. The first kappa shape index (κ1) is 12.0. The minimum absolute atomic E-state index is 0.349. The smallest absolute Gasteiger partial charge is 0.126 e. The topological polar surface area (TPSA) is 20.2 Å². The molecule has 1 N–H and O–H groups in total. The van der Waals surface area contributed by atoms with Crippen LogP contribution in [0.25, 0.3) is 11.1 Å². The van der Waals surface area contributed by atoms with E-state index in [-0.39, 0.29) is 0 Å². The van der Waals surface area contributed by atoms with Crippen LogP contribution in [0.5, 0.6) is 5.75 Å². The first-order valence-corrected chi connectivity index (χ1v) is 6.17. The SMILES string of the molecule is CCCc1cc(Cl)cc(-c2ccccc2)c1O. The molecule has 1 nitrogen and oxygen atoms in total. The highest BCUT2D eigenvalue weighted by atomic mass is 35.5. The highest BCUT2D eigenvalue weighted by Crippen LogP contribution is 2.35. The maximum atomic E-state index is 10.2. The molecule has 0 amide bonds. The van der Waals surface area contributed by atoms with E-state index in [4.69, 9.17) is 11.6 Å². The quantitative estimate of drug-likeness (QED) is 0.835. The van der Waals surface area contributed by atoms with Crippen molar-refractivity contribution < 1.29 is 5.11 Å². The third-order valence-electron chi connectivity index (χ3n) is 2.76. The van der Waals surface area contributed by atoms with Gasteiger partial charge in [-0.2, -0.15) is 0 Å². The van der Waals surface area contributed by atoms with Crippen molar-refractivity contribution in [1.82, 2.24) is 0 Å². The second kappa shape index (κ2) is 5.24. The van der Waals surface area contributed by atoms with Gasteiger partial charge in [0.2, 0.25) is 0 Å². The van der Waals surface area contributed by atoms with E-state index in [2.05, 4.69) is 6.92 Å². The summed E-state index contributed by atoms with van der Waals surface area (Å²) in [4.78, 5) is 0. The van der Waals surface area contributed by atoms with Gasteiger partial charge in [0.05, 0.1) is 0 Å². The lowest BCUT2D eigenvalue weighted by atomic mass is 9.99. The van der Waals surface area contributed by atoms with E-state index in [1.807, 2.05) is 42.5 Å². The molecule has 88 valence electrons. The number of phenols is 1. The number of halogens is 1. The number of aromatic hydroxyl groups is 1. The van der Waals surface area contributed by atoms with Crippen molar-refractivity contribution in [2.24, 2.45) is 0 Å². The molecule has 2 rings (SSSR count). The number of aryl methyl sites for hydroxylation is 1. The Morgan fingerprint density at radius 3 is 2.47 bits per heavy atom. The molecule has 0 bridgehead atoms. The molecular weight excluding hydrogens is 232 g/mol. The molecule has 0 heterocycles. The molecule has 0 radical (unpaired) electrons. The largest absolute Gasteiger partial charge is 0.507 e. The second-order valence-corrected chi connectivity index (χ2v) is 4.51. The molecule has 2 aromatic rings. The average molecular weight is 247 g/mol. The number of hydrogen-bond donors (Lipinski definition) is 1. The van der Waals surface area contributed by atoms with Gasteiger partial charge in [0, 0.05) is 10.6 Å². The van der Waals surface area contributed by atoms with Gasteiger partial charge in [0.25, 0.3) is 0 Å². The number of phenolic OH excluding ortho intramolecular Hbond substituents is 1. The normalized spacial score (nSPS) is 10.5. The number of rotatable bonds is 3. The maximum absolute atomic E-state index is 10.2. The Bertz CT molecular complexity index is 506. The Balaban J connectivity index is 2.54. The molecule has 0 saturated heterocycles. The minimum Gasteiger partial charge on any atom is -0.507 e. The molecule has 0 unspecified atom stereocenters. The van der Waals surface area contributed by atoms with Crippen LogP contribution in [0.2, 0.25) is 5.02 Å². The van der Waals surface area contributed by atoms with Crippen molar-refractivity contribution in [1.29, 1.82) is 0 Å². The summed E-state index contributed by atoms with van der Waals surface area (Å²) in [6.45, 7) is 2.09. The molecule has 0 aliphatic carbocycles. The van der Waals surface area contributed by atoms with Crippen molar-refractivity contribution in [3.63, 3.8) is 0 Å². The van der Waals surface area contributed by atoms with Crippen molar-refractivity contribution in [3.8, 4) is 16.9 Å². The lowest BCUT2D eigenvalue weighted by molar-refractivity contribution is 0.469. The maximum Gasteiger partial charge on any atom is 0.126 e. The molecule has 0 spiro atoms. The van der Waals surface area contributed by atoms with E-state index in [1.165, 1.54) is 0 Å². The Labute approximate surface area is 107 Å². The second-order valence-electron chi connectivity index (χ2n) is 4.08. The van der Waals surface area contributed by atoms with Crippen LogP contribution in [0.15, 0.2) is 42.5 Å². The summed E-state index contributed by atoms with van der Waals surface area (Å²) < 4.78 is 0. The molecule has 0 aliphatic rings. The predicted octanol–water partition coefficient (Wildman–Crippen LogP) is 4.67. The fourth-order valence-corrected chi connectivity index (χ4v) is 2.19. The Morgan fingerprint density at radius 1 is 1.12 bits per heavy atom. The summed E-state index contributed by atoms with van der Waals surface area (Å²) in [7, 11) is 0. The van der Waals surface area contributed by atoms with Gasteiger partial charge in [0.1, 0.15) is 5.75 Å². The van der Waals surface area contributed by atoms with E-state index in [0.29, 0.717) is 10.8 Å². The van der Waals surface area contributed by atoms with Crippen LogP contribution < -0.4 is 0 Å². The van der Waals surface area contributed by atoms with Crippen LogP contribution in [0.3, 0.4) is 0 Å². The monoisotopic (exact) mass is 246 g/mol. The van der Waals surface area contributed by atoms with Gasteiger partial charge in [-0.3, -0.25) is 0 Å². The van der Waals surface area contributed by atoms with Crippen LogP contribution in [-0.4, -0.2) is 5.11 Å². The molecule has 0 aliphatic heterocycles. The predicted molar refractivity (Wildman–Crippen MR) is 72.5 cm³/mol. The highest BCUT2D eigenvalue weighted by molar-refractivity contribution is 6.31. The van der Waals surface area contributed by atoms with Crippen LogP contribution in [0.1, 0.15) is 18.9 Å². The third kappa shape index (κ3) is 2.62. The van der Waals surface area contributed by atoms with Gasteiger partial charge in [-0.15, -0.1) is 0 Å². The van der Waals surface area contributed by atoms with E-state index in [9.17, 15) is 5.11 Å². The van der Waals surface area contributed by atoms with Crippen LogP contribution in [0, 0.1) is 0 Å². The van der Waals surface area contributed by atoms with Crippen molar-refractivity contribution >= 4 is 11.6 Å². The van der Waals surface area contributed by atoms with Crippen LogP contribution in [0.4, 0.5) is 0 Å². The zero-order valence-corrected chi connectivity index (χ0v) is 10.5. The van der Waals surface area contributed by atoms with E-state index < -0.39 is 0 Å². The summed E-state index contributed by atoms with van der Waals surface area (Å²) in [6, 6.07) is 13.5. The molecule has 2 aromatic carbocycles. The van der Waals surface area contributed by atoms with Gasteiger partial charge in [0.15, 0.2) is 0 Å². The number of hydrogen-bond acceptors (Lipinski definition) is 1. The average Bonchev–Trinajstić information content (AvgIpc) is 2.35. The summed E-state index contributed by atoms with van der Waals surface area (Å²) in [5.41, 5.74) is 2.71. The fraction of sp³-hybridized carbons (Fsp3) is 0.200. The van der Waals surface area contributed by atoms with Crippen LogP contribution >= 0.6 is 11.6 Å². The zero-order valence-electron chi connectivity index (χ0n) is 9.78. The number of benzene rings is 2.